The third-order valence-electron chi connectivity index (χ3n) is 2.97. The molecule has 1 N–H and O–H groups in total. The van der Waals surface area contributed by atoms with Crippen molar-refractivity contribution in [2.75, 3.05) is 6.54 Å². The molecule has 0 aliphatic carbocycles. The molecule has 18 heavy (non-hydrogen) atoms. The van der Waals surface area contributed by atoms with Crippen LogP contribution in [0.4, 0.5) is 0 Å². The zero-order chi connectivity index (χ0) is 13.8. The summed E-state index contributed by atoms with van der Waals surface area (Å²) in [6.45, 7) is 9.82. The number of nitrogens with one attached hydrogen (secondary N) is 1. The van der Waals surface area contributed by atoms with Crippen molar-refractivity contribution in [3.8, 4) is 0 Å². The molecule has 0 aliphatic rings. The molecule has 0 aliphatic heterocycles. The Kier molecular flexibility index (Phi) is 5.97. The molecule has 1 rings (SSSR count). The van der Waals surface area contributed by atoms with Crippen LogP contribution in [-0.2, 0) is 0 Å². The predicted molar refractivity (Wildman–Crippen MR) is 81.6 cm³/mol. The second kappa shape index (κ2) is 6.79. The molecule has 3 heteroatoms. The van der Waals surface area contributed by atoms with Crippen LogP contribution in [0.15, 0.2) is 18.2 Å². The molecule has 1 atom stereocenters. The molecule has 0 aromatic heterocycles. The van der Waals surface area contributed by atoms with Gasteiger partial charge in [-0.25, -0.2) is 0 Å². The van der Waals surface area contributed by atoms with Gasteiger partial charge in [-0.2, -0.15) is 0 Å². The number of hydrogen-bond acceptors (Lipinski definition) is 1. The summed E-state index contributed by atoms with van der Waals surface area (Å²) in [4.78, 5) is 0. The Morgan fingerprint density at radius 1 is 1.22 bits per heavy atom. The fourth-order valence-corrected chi connectivity index (χ4v) is 2.40. The van der Waals surface area contributed by atoms with E-state index in [1.165, 1.54) is 0 Å². The molecule has 0 bridgehead atoms. The Bertz CT molecular complexity index is 383. The van der Waals surface area contributed by atoms with E-state index in [0.29, 0.717) is 5.41 Å². The highest BCUT2D eigenvalue weighted by atomic mass is 35.5. The summed E-state index contributed by atoms with van der Waals surface area (Å²) in [6, 6.07) is 5.96. The molecule has 1 aromatic carbocycles. The largest absolute Gasteiger partial charge is 0.310 e. The molecule has 1 aromatic rings. The van der Waals surface area contributed by atoms with Gasteiger partial charge in [-0.05, 0) is 48.6 Å². The molecule has 102 valence electrons. The molecule has 0 heterocycles. The van der Waals surface area contributed by atoms with E-state index in [1.54, 1.807) is 0 Å². The summed E-state index contributed by atoms with van der Waals surface area (Å²) in [5.74, 6) is 0. The maximum Gasteiger partial charge on any atom is 0.0454 e. The predicted octanol–water partition coefficient (Wildman–Crippen LogP) is 5.47. The minimum Gasteiger partial charge on any atom is -0.310 e. The second-order valence-electron chi connectivity index (χ2n) is 5.88. The van der Waals surface area contributed by atoms with Gasteiger partial charge < -0.3 is 5.32 Å². The van der Waals surface area contributed by atoms with Gasteiger partial charge in [-0.15, -0.1) is 0 Å². The standard InChI is InChI=1S/C15H23Cl2N/c1-5-18-14(8-9-15(2,3)4)12-10-11(16)6-7-13(12)17/h6-7,10,14,18H,5,8-9H2,1-4H3. The van der Waals surface area contributed by atoms with Crippen LogP contribution >= 0.6 is 23.2 Å². The molecule has 0 saturated carbocycles. The fourth-order valence-electron chi connectivity index (χ4n) is 1.97. The van der Waals surface area contributed by atoms with Crippen molar-refractivity contribution in [1.29, 1.82) is 0 Å². The smallest absolute Gasteiger partial charge is 0.0454 e. The van der Waals surface area contributed by atoms with Crippen molar-refractivity contribution in [2.24, 2.45) is 5.41 Å². The lowest BCUT2D eigenvalue weighted by atomic mass is 9.87. The molecule has 0 saturated heterocycles. The van der Waals surface area contributed by atoms with Crippen molar-refractivity contribution >= 4 is 23.2 Å². The lowest BCUT2D eigenvalue weighted by molar-refractivity contribution is 0.334. The van der Waals surface area contributed by atoms with Crippen molar-refractivity contribution < 1.29 is 0 Å². The average molecular weight is 288 g/mol. The lowest BCUT2D eigenvalue weighted by Crippen LogP contribution is -2.23. The Morgan fingerprint density at radius 3 is 2.44 bits per heavy atom. The highest BCUT2D eigenvalue weighted by molar-refractivity contribution is 6.33. The number of rotatable bonds is 5. The molecule has 0 spiro atoms. The lowest BCUT2D eigenvalue weighted by Gasteiger charge is -2.25. The van der Waals surface area contributed by atoms with Crippen LogP contribution in [0.25, 0.3) is 0 Å². The van der Waals surface area contributed by atoms with Crippen LogP contribution in [0, 0.1) is 5.41 Å². The third-order valence-corrected chi connectivity index (χ3v) is 3.55. The third kappa shape index (κ3) is 5.17. The Morgan fingerprint density at radius 2 is 1.89 bits per heavy atom. The van der Waals surface area contributed by atoms with E-state index in [9.17, 15) is 0 Å². The van der Waals surface area contributed by atoms with Gasteiger partial charge in [0.15, 0.2) is 0 Å². The van der Waals surface area contributed by atoms with Gasteiger partial charge in [0.05, 0.1) is 0 Å². The highest BCUT2D eigenvalue weighted by Gasteiger charge is 2.18. The minimum absolute atomic E-state index is 0.278. The highest BCUT2D eigenvalue weighted by Crippen LogP contribution is 2.32. The molecular weight excluding hydrogens is 265 g/mol. The normalized spacial score (nSPS) is 13.7. The van der Waals surface area contributed by atoms with Crippen LogP contribution in [-0.4, -0.2) is 6.54 Å². The van der Waals surface area contributed by atoms with Crippen LogP contribution in [0.1, 0.15) is 52.1 Å². The molecule has 0 amide bonds. The zero-order valence-electron chi connectivity index (χ0n) is 11.7. The summed E-state index contributed by atoms with van der Waals surface area (Å²) in [5, 5.41) is 5.03. The molecule has 0 radical (unpaired) electrons. The van der Waals surface area contributed by atoms with Crippen molar-refractivity contribution in [1.82, 2.24) is 5.32 Å². The van der Waals surface area contributed by atoms with E-state index >= 15 is 0 Å². The van der Waals surface area contributed by atoms with E-state index in [-0.39, 0.29) is 6.04 Å². The van der Waals surface area contributed by atoms with Crippen molar-refractivity contribution in [3.63, 3.8) is 0 Å². The van der Waals surface area contributed by atoms with Gasteiger partial charge in [0.25, 0.3) is 0 Å². The van der Waals surface area contributed by atoms with Gasteiger partial charge in [-0.1, -0.05) is 50.9 Å². The summed E-state index contributed by atoms with van der Waals surface area (Å²) in [5.41, 5.74) is 1.44. The van der Waals surface area contributed by atoms with Gasteiger partial charge in [0.1, 0.15) is 0 Å². The van der Waals surface area contributed by atoms with Crippen LogP contribution in [0.5, 0.6) is 0 Å². The first-order valence-corrected chi connectivity index (χ1v) is 7.27. The molecule has 1 unspecified atom stereocenters. The Hall–Kier alpha value is -0.240. The maximum atomic E-state index is 6.28. The van der Waals surface area contributed by atoms with E-state index in [4.69, 9.17) is 23.2 Å². The summed E-state index contributed by atoms with van der Waals surface area (Å²) < 4.78 is 0. The summed E-state index contributed by atoms with van der Waals surface area (Å²) in [6.07, 6.45) is 2.21. The quantitative estimate of drug-likeness (QED) is 0.757. The van der Waals surface area contributed by atoms with E-state index in [2.05, 4.69) is 33.0 Å². The Labute approximate surface area is 121 Å². The van der Waals surface area contributed by atoms with Crippen LogP contribution in [0.3, 0.4) is 0 Å². The van der Waals surface area contributed by atoms with Crippen molar-refractivity contribution in [3.05, 3.63) is 33.8 Å². The second-order valence-corrected chi connectivity index (χ2v) is 6.72. The topological polar surface area (TPSA) is 12.0 Å². The first-order valence-electron chi connectivity index (χ1n) is 6.52. The monoisotopic (exact) mass is 287 g/mol. The summed E-state index contributed by atoms with van der Waals surface area (Å²) >= 11 is 12.3. The van der Waals surface area contributed by atoms with Gasteiger partial charge >= 0.3 is 0 Å². The van der Waals surface area contributed by atoms with Crippen LogP contribution < -0.4 is 5.32 Å². The maximum absolute atomic E-state index is 6.28. The molecular formula is C15H23Cl2N. The van der Waals surface area contributed by atoms with E-state index in [1.807, 2.05) is 18.2 Å². The average Bonchev–Trinajstić information content (AvgIpc) is 2.26. The SMILES string of the molecule is CCNC(CCC(C)(C)C)c1cc(Cl)ccc1Cl. The first kappa shape index (κ1) is 15.8. The molecule has 0 fully saturated rings. The van der Waals surface area contributed by atoms with Crippen molar-refractivity contribution in [2.45, 2.75) is 46.6 Å². The summed E-state index contributed by atoms with van der Waals surface area (Å²) in [7, 11) is 0. The number of benzene rings is 1. The number of hydrogen-bond donors (Lipinski definition) is 1. The van der Waals surface area contributed by atoms with Gasteiger partial charge in [-0.3, -0.25) is 0 Å². The zero-order valence-corrected chi connectivity index (χ0v) is 13.2. The Balaban J connectivity index is 2.86. The van der Waals surface area contributed by atoms with Crippen LogP contribution in [0.2, 0.25) is 10.0 Å². The van der Waals surface area contributed by atoms with Gasteiger partial charge in [0.2, 0.25) is 0 Å². The van der Waals surface area contributed by atoms with E-state index < -0.39 is 0 Å². The fraction of sp³-hybridized carbons (Fsp3) is 0.600. The minimum atomic E-state index is 0.278. The van der Waals surface area contributed by atoms with E-state index in [0.717, 1.165) is 35.0 Å². The first-order chi connectivity index (χ1) is 8.33. The number of halogens is 2. The molecule has 1 nitrogen and oxygen atoms in total. The van der Waals surface area contributed by atoms with Gasteiger partial charge in [0, 0.05) is 16.1 Å².